The Bertz CT molecular complexity index is 774. The highest BCUT2D eigenvalue weighted by Crippen LogP contribution is 2.29. The molecule has 0 saturated carbocycles. The number of ether oxygens (including phenoxy) is 4. The van der Waals surface area contributed by atoms with Crippen molar-refractivity contribution in [2.24, 2.45) is 0 Å². The average molecular weight is 359 g/mol. The van der Waals surface area contributed by atoms with Crippen molar-refractivity contribution in [1.29, 1.82) is 0 Å². The maximum Gasteiger partial charge on any atom is 0.344 e. The van der Waals surface area contributed by atoms with Gasteiger partial charge in [-0.3, -0.25) is 4.79 Å². The van der Waals surface area contributed by atoms with Gasteiger partial charge in [0.15, 0.2) is 24.7 Å². The first-order chi connectivity index (χ1) is 12.5. The Balaban J connectivity index is 1.79. The Kier molecular flexibility index (Phi) is 6.84. The van der Waals surface area contributed by atoms with Crippen LogP contribution in [0.15, 0.2) is 42.5 Å². The van der Waals surface area contributed by atoms with Crippen molar-refractivity contribution < 1.29 is 28.5 Å². The van der Waals surface area contributed by atoms with Crippen LogP contribution in [0, 0.1) is 6.92 Å². The average Bonchev–Trinajstić information content (AvgIpc) is 2.65. The van der Waals surface area contributed by atoms with Crippen LogP contribution in [-0.2, 0) is 14.3 Å². The van der Waals surface area contributed by atoms with Crippen LogP contribution in [0.4, 0.5) is 5.69 Å². The van der Waals surface area contributed by atoms with Gasteiger partial charge in [-0.1, -0.05) is 18.2 Å². The number of carbonyl (C=O) groups excluding carboxylic acids is 2. The number of nitrogens with one attached hydrogen (secondary N) is 1. The van der Waals surface area contributed by atoms with Crippen molar-refractivity contribution in [3.63, 3.8) is 0 Å². The van der Waals surface area contributed by atoms with Gasteiger partial charge in [0, 0.05) is 11.8 Å². The molecule has 26 heavy (non-hydrogen) atoms. The summed E-state index contributed by atoms with van der Waals surface area (Å²) in [4.78, 5) is 23.6. The van der Waals surface area contributed by atoms with Gasteiger partial charge in [0.05, 0.1) is 14.2 Å². The van der Waals surface area contributed by atoms with Gasteiger partial charge in [-0.05, 0) is 30.7 Å². The minimum absolute atomic E-state index is 0.269. The summed E-state index contributed by atoms with van der Waals surface area (Å²) < 4.78 is 20.6. The number of hydrogen-bond donors (Lipinski definition) is 1. The van der Waals surface area contributed by atoms with E-state index in [1.807, 2.05) is 25.1 Å². The molecule has 0 spiro atoms. The van der Waals surface area contributed by atoms with E-state index in [-0.39, 0.29) is 6.61 Å². The molecule has 0 unspecified atom stereocenters. The van der Waals surface area contributed by atoms with E-state index in [1.165, 1.54) is 14.2 Å². The van der Waals surface area contributed by atoms with Crippen LogP contribution in [-0.4, -0.2) is 39.3 Å². The van der Waals surface area contributed by atoms with Crippen molar-refractivity contribution in [1.82, 2.24) is 0 Å². The van der Waals surface area contributed by atoms with E-state index >= 15 is 0 Å². The van der Waals surface area contributed by atoms with Crippen molar-refractivity contribution >= 4 is 17.6 Å². The fraction of sp³-hybridized carbons (Fsp3) is 0.263. The molecule has 2 aromatic carbocycles. The van der Waals surface area contributed by atoms with Gasteiger partial charge < -0.3 is 24.3 Å². The summed E-state index contributed by atoms with van der Waals surface area (Å²) in [6.07, 6.45) is 0. The molecule has 0 aliphatic heterocycles. The van der Waals surface area contributed by atoms with Crippen LogP contribution in [0.2, 0.25) is 0 Å². The van der Waals surface area contributed by atoms with Gasteiger partial charge in [-0.25, -0.2) is 4.79 Å². The number of amides is 1. The number of hydrogen-bond acceptors (Lipinski definition) is 6. The number of aryl methyl sites for hydroxylation is 1. The Morgan fingerprint density at radius 1 is 0.923 bits per heavy atom. The molecule has 7 heteroatoms. The molecule has 0 heterocycles. The van der Waals surface area contributed by atoms with Gasteiger partial charge in [-0.15, -0.1) is 0 Å². The third-order valence-corrected chi connectivity index (χ3v) is 3.47. The van der Waals surface area contributed by atoms with Crippen molar-refractivity contribution in [2.75, 3.05) is 32.8 Å². The molecule has 0 saturated heterocycles. The van der Waals surface area contributed by atoms with Gasteiger partial charge in [0.1, 0.15) is 5.75 Å². The summed E-state index contributed by atoms with van der Waals surface area (Å²) in [5.41, 5.74) is 1.41. The lowest BCUT2D eigenvalue weighted by Crippen LogP contribution is -2.23. The lowest BCUT2D eigenvalue weighted by atomic mass is 10.2. The van der Waals surface area contributed by atoms with Gasteiger partial charge in [0.25, 0.3) is 5.91 Å². The van der Waals surface area contributed by atoms with E-state index < -0.39 is 18.5 Å². The smallest absolute Gasteiger partial charge is 0.344 e. The highest BCUT2D eigenvalue weighted by atomic mass is 16.6. The second-order valence-corrected chi connectivity index (χ2v) is 5.33. The first-order valence-corrected chi connectivity index (χ1v) is 7.89. The summed E-state index contributed by atoms with van der Waals surface area (Å²) in [5.74, 6) is 0.524. The predicted molar refractivity (Wildman–Crippen MR) is 95.8 cm³/mol. The molecular weight excluding hydrogens is 338 g/mol. The lowest BCUT2D eigenvalue weighted by molar-refractivity contribution is -0.149. The molecule has 1 amide bonds. The van der Waals surface area contributed by atoms with Crippen molar-refractivity contribution in [2.45, 2.75) is 6.92 Å². The first-order valence-electron chi connectivity index (χ1n) is 7.89. The molecule has 1 N–H and O–H groups in total. The zero-order chi connectivity index (χ0) is 18.9. The summed E-state index contributed by atoms with van der Waals surface area (Å²) >= 11 is 0. The highest BCUT2D eigenvalue weighted by molar-refractivity contribution is 5.93. The van der Waals surface area contributed by atoms with E-state index in [2.05, 4.69) is 5.32 Å². The molecule has 0 aromatic heterocycles. The van der Waals surface area contributed by atoms with Gasteiger partial charge in [0.2, 0.25) is 0 Å². The monoisotopic (exact) mass is 359 g/mol. The predicted octanol–water partition coefficient (Wildman–Crippen LogP) is 2.57. The molecule has 0 aliphatic rings. The van der Waals surface area contributed by atoms with Crippen LogP contribution in [0.25, 0.3) is 0 Å². The standard InChI is InChI=1S/C19H21NO6/c1-13-6-4-5-7-15(13)25-12-19(22)26-11-18(21)20-14-8-9-16(23-2)17(10-14)24-3/h4-10H,11-12H2,1-3H3,(H,20,21). The van der Waals surface area contributed by atoms with Gasteiger partial charge in [-0.2, -0.15) is 0 Å². The third kappa shape index (κ3) is 5.41. The highest BCUT2D eigenvalue weighted by Gasteiger charge is 2.11. The van der Waals surface area contributed by atoms with E-state index in [4.69, 9.17) is 18.9 Å². The second kappa shape index (κ2) is 9.31. The Hall–Kier alpha value is -3.22. The number of methoxy groups -OCH3 is 2. The van der Waals surface area contributed by atoms with Crippen LogP contribution >= 0.6 is 0 Å². The number of esters is 1. The molecule has 2 aromatic rings. The van der Waals surface area contributed by atoms with Crippen molar-refractivity contribution in [3.8, 4) is 17.2 Å². The van der Waals surface area contributed by atoms with E-state index in [0.717, 1.165) is 5.56 Å². The molecule has 0 atom stereocenters. The Morgan fingerprint density at radius 3 is 2.35 bits per heavy atom. The Morgan fingerprint density at radius 2 is 1.65 bits per heavy atom. The van der Waals surface area contributed by atoms with Crippen LogP contribution in [0.3, 0.4) is 0 Å². The normalized spacial score (nSPS) is 9.96. The summed E-state index contributed by atoms with van der Waals surface area (Å²) in [6, 6.07) is 12.2. The molecule has 7 nitrogen and oxygen atoms in total. The second-order valence-electron chi connectivity index (χ2n) is 5.33. The first kappa shape index (κ1) is 19.1. The van der Waals surface area contributed by atoms with Crippen LogP contribution in [0.5, 0.6) is 17.2 Å². The number of carbonyl (C=O) groups is 2. The largest absolute Gasteiger partial charge is 0.493 e. The molecule has 0 aliphatic carbocycles. The topological polar surface area (TPSA) is 83.1 Å². The van der Waals surface area contributed by atoms with Crippen LogP contribution in [0.1, 0.15) is 5.56 Å². The SMILES string of the molecule is COc1ccc(NC(=O)COC(=O)COc2ccccc2C)cc1OC. The molecule has 2 rings (SSSR count). The zero-order valence-corrected chi connectivity index (χ0v) is 14.9. The third-order valence-electron chi connectivity index (χ3n) is 3.47. The lowest BCUT2D eigenvalue weighted by Gasteiger charge is -2.11. The van der Waals surface area contributed by atoms with E-state index in [0.29, 0.717) is 22.9 Å². The minimum Gasteiger partial charge on any atom is -0.493 e. The van der Waals surface area contributed by atoms with Gasteiger partial charge >= 0.3 is 5.97 Å². The summed E-state index contributed by atoms with van der Waals surface area (Å²) in [7, 11) is 3.02. The molecule has 138 valence electrons. The zero-order valence-electron chi connectivity index (χ0n) is 14.9. The molecule has 0 fully saturated rings. The number of benzene rings is 2. The quantitative estimate of drug-likeness (QED) is 0.730. The maximum absolute atomic E-state index is 11.9. The van der Waals surface area contributed by atoms with Crippen LogP contribution < -0.4 is 19.5 Å². The fourth-order valence-electron chi connectivity index (χ4n) is 2.15. The number of rotatable bonds is 8. The maximum atomic E-state index is 11.9. The number of anilines is 1. The van der Waals surface area contributed by atoms with E-state index in [9.17, 15) is 9.59 Å². The molecular formula is C19H21NO6. The minimum atomic E-state index is -0.629. The number of para-hydroxylation sites is 1. The molecule has 0 radical (unpaired) electrons. The van der Waals surface area contributed by atoms with E-state index in [1.54, 1.807) is 24.3 Å². The molecule has 0 bridgehead atoms. The summed E-state index contributed by atoms with van der Waals surface area (Å²) in [6.45, 7) is 1.19. The van der Waals surface area contributed by atoms with Crippen molar-refractivity contribution in [3.05, 3.63) is 48.0 Å². The summed E-state index contributed by atoms with van der Waals surface area (Å²) in [5, 5.41) is 2.61. The fourth-order valence-corrected chi connectivity index (χ4v) is 2.15. The Labute approximate surface area is 151 Å².